The van der Waals surface area contributed by atoms with Gasteiger partial charge in [-0.1, -0.05) is 25.0 Å². The van der Waals surface area contributed by atoms with Crippen molar-refractivity contribution in [3.63, 3.8) is 0 Å². The molecule has 0 aromatic carbocycles. The zero-order valence-electron chi connectivity index (χ0n) is 6.64. The predicted molar refractivity (Wildman–Crippen MR) is 42.8 cm³/mol. The number of hydrogen-bond acceptors (Lipinski definition) is 1. The Hall–Kier alpha value is -0.300. The average molecular weight is 140 g/mol. The van der Waals surface area contributed by atoms with E-state index in [2.05, 4.69) is 6.92 Å². The molecule has 0 saturated heterocycles. The van der Waals surface area contributed by atoms with Gasteiger partial charge in [-0.2, -0.15) is 0 Å². The second kappa shape index (κ2) is 3.77. The lowest BCUT2D eigenvalue weighted by molar-refractivity contribution is 0.201. The van der Waals surface area contributed by atoms with E-state index in [0.29, 0.717) is 0 Å². The minimum atomic E-state index is -0.143. The maximum atomic E-state index is 9.23. The number of hydrogen-bond donors (Lipinski definition) is 1. The van der Waals surface area contributed by atoms with Gasteiger partial charge in [-0.3, -0.25) is 0 Å². The number of allylic oxidation sites excluding steroid dienone is 1. The molecule has 1 aliphatic rings. The van der Waals surface area contributed by atoms with Crippen LogP contribution in [-0.4, -0.2) is 11.2 Å². The number of aliphatic hydroxyl groups is 1. The maximum Gasteiger partial charge on any atom is 0.0723 e. The van der Waals surface area contributed by atoms with Gasteiger partial charge in [-0.15, -0.1) is 0 Å². The molecule has 0 fully saturated rings. The molecular weight excluding hydrogens is 124 g/mol. The van der Waals surface area contributed by atoms with Crippen LogP contribution in [0, 0.1) is 0 Å². The largest absolute Gasteiger partial charge is 0.389 e. The Bertz CT molecular complexity index is 127. The van der Waals surface area contributed by atoms with Crippen LogP contribution in [-0.2, 0) is 0 Å². The third-order valence-electron chi connectivity index (χ3n) is 2.00. The van der Waals surface area contributed by atoms with E-state index < -0.39 is 0 Å². The van der Waals surface area contributed by atoms with Crippen LogP contribution in [0.2, 0.25) is 0 Å². The highest BCUT2D eigenvalue weighted by Crippen LogP contribution is 2.21. The van der Waals surface area contributed by atoms with Gasteiger partial charge in [0.05, 0.1) is 6.10 Å². The molecule has 0 radical (unpaired) electrons. The fourth-order valence-corrected chi connectivity index (χ4v) is 1.51. The SMILES string of the molecule is CCCC1=CC(O)CCC1. The highest BCUT2D eigenvalue weighted by atomic mass is 16.3. The van der Waals surface area contributed by atoms with Gasteiger partial charge in [-0.25, -0.2) is 0 Å². The van der Waals surface area contributed by atoms with Gasteiger partial charge in [0.25, 0.3) is 0 Å². The molecule has 1 rings (SSSR count). The molecule has 1 aliphatic carbocycles. The molecule has 10 heavy (non-hydrogen) atoms. The molecular formula is C9H16O. The zero-order chi connectivity index (χ0) is 7.40. The van der Waals surface area contributed by atoms with E-state index in [0.717, 1.165) is 6.42 Å². The van der Waals surface area contributed by atoms with E-state index in [1.807, 2.05) is 6.08 Å². The fraction of sp³-hybridized carbons (Fsp3) is 0.778. The quantitative estimate of drug-likeness (QED) is 0.583. The summed E-state index contributed by atoms with van der Waals surface area (Å²) in [5.74, 6) is 0. The summed E-state index contributed by atoms with van der Waals surface area (Å²) in [5, 5.41) is 9.23. The van der Waals surface area contributed by atoms with Crippen molar-refractivity contribution in [2.45, 2.75) is 45.1 Å². The third-order valence-corrected chi connectivity index (χ3v) is 2.00. The standard InChI is InChI=1S/C9H16O/c1-2-4-8-5-3-6-9(10)7-8/h7,9-10H,2-6H2,1H3. The first-order valence-corrected chi connectivity index (χ1v) is 4.20. The second-order valence-electron chi connectivity index (χ2n) is 3.03. The number of aliphatic hydroxyl groups excluding tert-OH is 1. The van der Waals surface area contributed by atoms with Crippen LogP contribution in [0.15, 0.2) is 11.6 Å². The van der Waals surface area contributed by atoms with E-state index in [9.17, 15) is 5.11 Å². The van der Waals surface area contributed by atoms with Gasteiger partial charge in [0.15, 0.2) is 0 Å². The Morgan fingerprint density at radius 3 is 3.10 bits per heavy atom. The van der Waals surface area contributed by atoms with Crippen LogP contribution < -0.4 is 0 Å². The van der Waals surface area contributed by atoms with Gasteiger partial charge < -0.3 is 5.11 Å². The topological polar surface area (TPSA) is 20.2 Å². The lowest BCUT2D eigenvalue weighted by Gasteiger charge is -2.15. The van der Waals surface area contributed by atoms with Gasteiger partial charge in [0, 0.05) is 0 Å². The highest BCUT2D eigenvalue weighted by Gasteiger charge is 2.08. The lowest BCUT2D eigenvalue weighted by atomic mass is 9.95. The second-order valence-corrected chi connectivity index (χ2v) is 3.03. The maximum absolute atomic E-state index is 9.23. The van der Waals surface area contributed by atoms with Crippen LogP contribution in [0.25, 0.3) is 0 Å². The molecule has 1 nitrogen and oxygen atoms in total. The van der Waals surface area contributed by atoms with Crippen molar-refractivity contribution in [2.75, 3.05) is 0 Å². The first-order chi connectivity index (χ1) is 4.83. The molecule has 0 aliphatic heterocycles. The van der Waals surface area contributed by atoms with Crippen molar-refractivity contribution in [3.05, 3.63) is 11.6 Å². The van der Waals surface area contributed by atoms with Crippen LogP contribution in [0.5, 0.6) is 0 Å². The summed E-state index contributed by atoms with van der Waals surface area (Å²) in [4.78, 5) is 0. The average Bonchev–Trinajstić information content (AvgIpc) is 1.88. The minimum Gasteiger partial charge on any atom is -0.389 e. The van der Waals surface area contributed by atoms with Crippen molar-refractivity contribution >= 4 is 0 Å². The minimum absolute atomic E-state index is 0.143. The van der Waals surface area contributed by atoms with Gasteiger partial charge >= 0.3 is 0 Å². The van der Waals surface area contributed by atoms with E-state index in [1.54, 1.807) is 0 Å². The van der Waals surface area contributed by atoms with Gasteiger partial charge in [0.2, 0.25) is 0 Å². The molecule has 0 aromatic heterocycles. The predicted octanol–water partition coefficient (Wildman–Crippen LogP) is 2.26. The Kier molecular flexibility index (Phi) is 2.94. The Balaban J connectivity index is 2.41. The Labute approximate surface area is 62.8 Å². The van der Waals surface area contributed by atoms with Gasteiger partial charge in [-0.05, 0) is 25.7 Å². The van der Waals surface area contributed by atoms with Crippen LogP contribution in [0.3, 0.4) is 0 Å². The molecule has 0 aromatic rings. The van der Waals surface area contributed by atoms with Crippen LogP contribution in [0.1, 0.15) is 39.0 Å². The van der Waals surface area contributed by atoms with E-state index in [1.165, 1.54) is 31.3 Å². The van der Waals surface area contributed by atoms with E-state index in [4.69, 9.17) is 0 Å². The first kappa shape index (κ1) is 7.80. The monoisotopic (exact) mass is 140 g/mol. The molecule has 1 N–H and O–H groups in total. The molecule has 0 amide bonds. The van der Waals surface area contributed by atoms with Crippen molar-refractivity contribution in [3.8, 4) is 0 Å². The summed E-state index contributed by atoms with van der Waals surface area (Å²) >= 11 is 0. The fourth-order valence-electron chi connectivity index (χ4n) is 1.51. The van der Waals surface area contributed by atoms with Crippen molar-refractivity contribution < 1.29 is 5.11 Å². The first-order valence-electron chi connectivity index (χ1n) is 4.20. The Morgan fingerprint density at radius 1 is 1.70 bits per heavy atom. The summed E-state index contributed by atoms with van der Waals surface area (Å²) in [6.45, 7) is 2.18. The van der Waals surface area contributed by atoms with E-state index in [-0.39, 0.29) is 6.10 Å². The molecule has 1 atom stereocenters. The smallest absolute Gasteiger partial charge is 0.0723 e. The molecule has 1 heteroatoms. The van der Waals surface area contributed by atoms with Crippen molar-refractivity contribution in [1.82, 2.24) is 0 Å². The molecule has 0 bridgehead atoms. The summed E-state index contributed by atoms with van der Waals surface area (Å²) in [5.41, 5.74) is 1.46. The third kappa shape index (κ3) is 2.14. The van der Waals surface area contributed by atoms with Crippen molar-refractivity contribution in [2.24, 2.45) is 0 Å². The zero-order valence-corrected chi connectivity index (χ0v) is 6.64. The number of rotatable bonds is 2. The van der Waals surface area contributed by atoms with E-state index >= 15 is 0 Å². The molecule has 0 saturated carbocycles. The lowest BCUT2D eigenvalue weighted by Crippen LogP contribution is -2.08. The highest BCUT2D eigenvalue weighted by molar-refractivity contribution is 5.08. The van der Waals surface area contributed by atoms with Crippen LogP contribution in [0.4, 0.5) is 0 Å². The normalized spacial score (nSPS) is 26.2. The van der Waals surface area contributed by atoms with Crippen LogP contribution >= 0.6 is 0 Å². The summed E-state index contributed by atoms with van der Waals surface area (Å²) in [6.07, 6.45) is 7.63. The van der Waals surface area contributed by atoms with Crippen molar-refractivity contribution in [1.29, 1.82) is 0 Å². The van der Waals surface area contributed by atoms with Gasteiger partial charge in [0.1, 0.15) is 0 Å². The summed E-state index contributed by atoms with van der Waals surface area (Å²) < 4.78 is 0. The summed E-state index contributed by atoms with van der Waals surface area (Å²) in [7, 11) is 0. The Morgan fingerprint density at radius 2 is 2.50 bits per heavy atom. The molecule has 0 spiro atoms. The molecule has 58 valence electrons. The molecule has 0 heterocycles. The molecule has 1 unspecified atom stereocenters. The summed E-state index contributed by atoms with van der Waals surface area (Å²) in [6, 6.07) is 0.